The number of aromatic nitrogens is 1. The van der Waals surface area contributed by atoms with Gasteiger partial charge in [0.2, 0.25) is 0 Å². The number of anilines is 2. The van der Waals surface area contributed by atoms with Crippen molar-refractivity contribution in [2.75, 3.05) is 11.1 Å². The molecular weight excluding hydrogens is 290 g/mol. The standard InChI is InChI=1S/C14H16BrN3/c1-9-5-3-4-6-11(9)10(2)18-14-12(15)7-17-8-13(14)16/h3-8,10H,16H2,1-2H3,(H,17,18). The van der Waals surface area contributed by atoms with Crippen LogP contribution in [0.1, 0.15) is 24.1 Å². The highest BCUT2D eigenvalue weighted by Crippen LogP contribution is 2.31. The fraction of sp³-hybridized carbons (Fsp3) is 0.214. The largest absolute Gasteiger partial charge is 0.396 e. The van der Waals surface area contributed by atoms with Crippen LogP contribution in [0.5, 0.6) is 0 Å². The Morgan fingerprint density at radius 3 is 2.67 bits per heavy atom. The normalized spacial score (nSPS) is 12.2. The molecule has 0 aliphatic rings. The number of nitrogens with zero attached hydrogens (tertiary/aromatic N) is 1. The number of nitrogens with two attached hydrogens (primary N) is 1. The lowest BCUT2D eigenvalue weighted by Crippen LogP contribution is -2.10. The lowest BCUT2D eigenvalue weighted by Gasteiger charge is -2.19. The molecule has 0 spiro atoms. The van der Waals surface area contributed by atoms with E-state index in [0.717, 1.165) is 10.2 Å². The van der Waals surface area contributed by atoms with Crippen molar-refractivity contribution in [2.24, 2.45) is 0 Å². The van der Waals surface area contributed by atoms with E-state index in [1.54, 1.807) is 12.4 Å². The number of nitrogen functional groups attached to an aromatic ring is 1. The van der Waals surface area contributed by atoms with Gasteiger partial charge < -0.3 is 11.1 Å². The number of nitrogens with one attached hydrogen (secondary N) is 1. The molecule has 0 saturated heterocycles. The van der Waals surface area contributed by atoms with Crippen LogP contribution in [0, 0.1) is 6.92 Å². The SMILES string of the molecule is Cc1ccccc1C(C)Nc1c(N)cncc1Br. The quantitative estimate of drug-likeness (QED) is 0.904. The summed E-state index contributed by atoms with van der Waals surface area (Å²) < 4.78 is 0.878. The summed E-state index contributed by atoms with van der Waals surface area (Å²) in [5, 5.41) is 3.42. The molecule has 0 saturated carbocycles. The van der Waals surface area contributed by atoms with Crippen LogP contribution >= 0.6 is 15.9 Å². The zero-order valence-corrected chi connectivity index (χ0v) is 12.0. The molecule has 0 aliphatic carbocycles. The van der Waals surface area contributed by atoms with Gasteiger partial charge in [0.1, 0.15) is 0 Å². The van der Waals surface area contributed by atoms with Crippen molar-refractivity contribution in [3.63, 3.8) is 0 Å². The molecule has 94 valence electrons. The Morgan fingerprint density at radius 2 is 2.00 bits per heavy atom. The van der Waals surface area contributed by atoms with Gasteiger partial charge in [0.05, 0.1) is 22.0 Å². The van der Waals surface area contributed by atoms with Crippen LogP contribution in [0.15, 0.2) is 41.1 Å². The second kappa shape index (κ2) is 5.40. The number of benzene rings is 1. The molecule has 0 aliphatic heterocycles. The van der Waals surface area contributed by atoms with E-state index < -0.39 is 0 Å². The highest BCUT2D eigenvalue weighted by molar-refractivity contribution is 9.10. The summed E-state index contributed by atoms with van der Waals surface area (Å²) in [5.41, 5.74) is 9.99. The molecule has 4 heteroatoms. The van der Waals surface area contributed by atoms with Gasteiger partial charge >= 0.3 is 0 Å². The van der Waals surface area contributed by atoms with Crippen molar-refractivity contribution >= 4 is 27.3 Å². The minimum Gasteiger partial charge on any atom is -0.396 e. The summed E-state index contributed by atoms with van der Waals surface area (Å²) in [7, 11) is 0. The molecule has 0 fully saturated rings. The van der Waals surface area contributed by atoms with Crippen molar-refractivity contribution in [3.8, 4) is 0 Å². The van der Waals surface area contributed by atoms with Gasteiger partial charge in [-0.25, -0.2) is 0 Å². The summed E-state index contributed by atoms with van der Waals surface area (Å²) in [6.07, 6.45) is 3.39. The lowest BCUT2D eigenvalue weighted by molar-refractivity contribution is 0.873. The third-order valence-electron chi connectivity index (χ3n) is 2.94. The van der Waals surface area contributed by atoms with E-state index in [1.165, 1.54) is 11.1 Å². The maximum atomic E-state index is 5.93. The first-order valence-corrected chi connectivity index (χ1v) is 6.60. The monoisotopic (exact) mass is 305 g/mol. The molecular formula is C14H16BrN3. The van der Waals surface area contributed by atoms with Crippen molar-refractivity contribution in [2.45, 2.75) is 19.9 Å². The summed E-state index contributed by atoms with van der Waals surface area (Å²) in [4.78, 5) is 4.03. The maximum Gasteiger partial charge on any atom is 0.0754 e. The molecule has 1 unspecified atom stereocenters. The zero-order valence-electron chi connectivity index (χ0n) is 10.4. The van der Waals surface area contributed by atoms with Crippen molar-refractivity contribution in [1.82, 2.24) is 4.98 Å². The van der Waals surface area contributed by atoms with Crippen LogP contribution in [-0.4, -0.2) is 4.98 Å². The van der Waals surface area contributed by atoms with Gasteiger partial charge in [-0.2, -0.15) is 0 Å². The Morgan fingerprint density at radius 1 is 1.28 bits per heavy atom. The molecule has 0 radical (unpaired) electrons. The molecule has 18 heavy (non-hydrogen) atoms. The minimum atomic E-state index is 0.187. The van der Waals surface area contributed by atoms with Crippen molar-refractivity contribution in [1.29, 1.82) is 0 Å². The smallest absolute Gasteiger partial charge is 0.0754 e. The second-order valence-electron chi connectivity index (χ2n) is 4.31. The van der Waals surface area contributed by atoms with Gasteiger partial charge in [0, 0.05) is 12.2 Å². The van der Waals surface area contributed by atoms with Crippen LogP contribution in [0.25, 0.3) is 0 Å². The predicted molar refractivity (Wildman–Crippen MR) is 79.6 cm³/mol. The van der Waals surface area contributed by atoms with Gasteiger partial charge in [-0.15, -0.1) is 0 Å². The van der Waals surface area contributed by atoms with Crippen LogP contribution in [0.3, 0.4) is 0 Å². The zero-order chi connectivity index (χ0) is 13.1. The molecule has 0 bridgehead atoms. The third-order valence-corrected chi connectivity index (χ3v) is 3.55. The maximum absolute atomic E-state index is 5.93. The van der Waals surface area contributed by atoms with Gasteiger partial charge in [-0.3, -0.25) is 4.98 Å². The summed E-state index contributed by atoms with van der Waals surface area (Å²) in [6.45, 7) is 4.23. The first kappa shape index (κ1) is 12.9. The van der Waals surface area contributed by atoms with E-state index in [2.05, 4.69) is 52.2 Å². The molecule has 2 aromatic rings. The van der Waals surface area contributed by atoms with E-state index in [1.807, 2.05) is 12.1 Å². The number of hydrogen-bond donors (Lipinski definition) is 2. The number of aryl methyl sites for hydroxylation is 1. The second-order valence-corrected chi connectivity index (χ2v) is 5.16. The number of pyridine rings is 1. The average molecular weight is 306 g/mol. The van der Waals surface area contributed by atoms with Gasteiger partial charge in [-0.1, -0.05) is 24.3 Å². The fourth-order valence-corrected chi connectivity index (χ4v) is 2.43. The summed E-state index contributed by atoms with van der Waals surface area (Å²) >= 11 is 3.46. The highest BCUT2D eigenvalue weighted by atomic mass is 79.9. The molecule has 0 amide bonds. The molecule has 1 heterocycles. The van der Waals surface area contributed by atoms with Gasteiger partial charge in [0.25, 0.3) is 0 Å². The number of rotatable bonds is 3. The van der Waals surface area contributed by atoms with E-state index in [9.17, 15) is 0 Å². The van der Waals surface area contributed by atoms with E-state index in [-0.39, 0.29) is 6.04 Å². The van der Waals surface area contributed by atoms with E-state index in [0.29, 0.717) is 5.69 Å². The van der Waals surface area contributed by atoms with Gasteiger partial charge in [0.15, 0.2) is 0 Å². The topological polar surface area (TPSA) is 50.9 Å². The predicted octanol–water partition coefficient (Wildman–Crippen LogP) is 3.91. The first-order chi connectivity index (χ1) is 8.59. The fourth-order valence-electron chi connectivity index (χ4n) is 1.97. The summed E-state index contributed by atoms with van der Waals surface area (Å²) in [5.74, 6) is 0. The average Bonchev–Trinajstić information content (AvgIpc) is 2.34. The molecule has 1 aromatic heterocycles. The van der Waals surface area contributed by atoms with E-state index >= 15 is 0 Å². The van der Waals surface area contributed by atoms with Crippen LogP contribution < -0.4 is 11.1 Å². The number of halogens is 1. The van der Waals surface area contributed by atoms with Crippen LogP contribution in [-0.2, 0) is 0 Å². The minimum absolute atomic E-state index is 0.187. The van der Waals surface area contributed by atoms with Crippen molar-refractivity contribution < 1.29 is 0 Å². The third kappa shape index (κ3) is 2.64. The van der Waals surface area contributed by atoms with Crippen LogP contribution in [0.2, 0.25) is 0 Å². The Balaban J connectivity index is 2.27. The Hall–Kier alpha value is -1.55. The molecule has 2 rings (SSSR count). The first-order valence-electron chi connectivity index (χ1n) is 5.80. The Kier molecular flexibility index (Phi) is 3.87. The lowest BCUT2D eigenvalue weighted by atomic mass is 10.0. The Bertz CT molecular complexity index is 534. The number of hydrogen-bond acceptors (Lipinski definition) is 3. The molecule has 3 nitrogen and oxygen atoms in total. The van der Waals surface area contributed by atoms with Gasteiger partial charge in [-0.05, 0) is 40.9 Å². The van der Waals surface area contributed by atoms with Crippen LogP contribution in [0.4, 0.5) is 11.4 Å². The van der Waals surface area contributed by atoms with Crippen molar-refractivity contribution in [3.05, 3.63) is 52.3 Å². The van der Waals surface area contributed by atoms with E-state index in [4.69, 9.17) is 5.73 Å². The Labute approximate surface area is 116 Å². The molecule has 3 N–H and O–H groups in total. The summed E-state index contributed by atoms with van der Waals surface area (Å²) in [6, 6.07) is 8.51. The highest BCUT2D eigenvalue weighted by Gasteiger charge is 2.11. The molecule has 1 atom stereocenters. The molecule has 1 aromatic carbocycles.